The molecule has 66 valence electrons. The van der Waals surface area contributed by atoms with Crippen LogP contribution in [0.5, 0.6) is 0 Å². The van der Waals surface area contributed by atoms with E-state index in [-0.39, 0.29) is 0 Å². The van der Waals surface area contributed by atoms with Crippen molar-refractivity contribution in [3.05, 3.63) is 18.0 Å². The summed E-state index contributed by atoms with van der Waals surface area (Å²) in [7, 11) is 1.97. The molecule has 0 unspecified atom stereocenters. The van der Waals surface area contributed by atoms with E-state index in [2.05, 4.69) is 16.6 Å². The molecule has 2 rings (SSSR count). The lowest BCUT2D eigenvalue weighted by Gasteiger charge is -2.26. The van der Waals surface area contributed by atoms with Crippen molar-refractivity contribution in [2.24, 2.45) is 13.0 Å². The zero-order valence-corrected chi connectivity index (χ0v) is 7.45. The van der Waals surface area contributed by atoms with Gasteiger partial charge in [-0.3, -0.25) is 4.68 Å². The van der Waals surface area contributed by atoms with Crippen LogP contribution in [0.15, 0.2) is 12.4 Å². The van der Waals surface area contributed by atoms with E-state index in [1.807, 2.05) is 17.9 Å². The molecule has 3 heteroatoms. The Morgan fingerprint density at radius 3 is 3.00 bits per heavy atom. The van der Waals surface area contributed by atoms with Crippen LogP contribution in [0.2, 0.25) is 0 Å². The van der Waals surface area contributed by atoms with E-state index < -0.39 is 0 Å². The van der Waals surface area contributed by atoms with Gasteiger partial charge in [0.15, 0.2) is 0 Å². The zero-order valence-electron chi connectivity index (χ0n) is 7.45. The molecule has 0 amide bonds. The second kappa shape index (κ2) is 3.27. The van der Waals surface area contributed by atoms with Gasteiger partial charge in [-0.2, -0.15) is 5.10 Å². The number of hydrogen-bond acceptors (Lipinski definition) is 2. The lowest BCUT2D eigenvalue weighted by Crippen LogP contribution is -2.42. The summed E-state index contributed by atoms with van der Waals surface area (Å²) in [6, 6.07) is 0. The van der Waals surface area contributed by atoms with E-state index in [1.165, 1.54) is 31.5 Å². The van der Waals surface area contributed by atoms with Crippen molar-refractivity contribution >= 4 is 0 Å². The van der Waals surface area contributed by atoms with Gasteiger partial charge in [0.2, 0.25) is 0 Å². The molecule has 0 radical (unpaired) electrons. The van der Waals surface area contributed by atoms with Crippen LogP contribution in [0.4, 0.5) is 0 Å². The summed E-state index contributed by atoms with van der Waals surface area (Å²) in [5.41, 5.74) is 1.37. The third-order valence-electron chi connectivity index (χ3n) is 2.47. The van der Waals surface area contributed by atoms with Gasteiger partial charge >= 0.3 is 0 Å². The van der Waals surface area contributed by atoms with Crippen molar-refractivity contribution < 1.29 is 0 Å². The second-order valence-corrected chi connectivity index (χ2v) is 3.59. The summed E-state index contributed by atoms with van der Waals surface area (Å²) in [4.78, 5) is 0. The SMILES string of the molecule is Cn1cc(CCC2CNC2)cn1. The van der Waals surface area contributed by atoms with Crippen LogP contribution < -0.4 is 5.32 Å². The normalized spacial score (nSPS) is 17.8. The lowest BCUT2D eigenvalue weighted by molar-refractivity contribution is 0.328. The molecule has 0 aromatic carbocycles. The van der Waals surface area contributed by atoms with Crippen LogP contribution in [0.3, 0.4) is 0 Å². The van der Waals surface area contributed by atoms with Crippen molar-refractivity contribution in [1.29, 1.82) is 0 Å². The number of nitrogens with one attached hydrogen (secondary N) is 1. The molecule has 0 aliphatic carbocycles. The van der Waals surface area contributed by atoms with E-state index >= 15 is 0 Å². The summed E-state index contributed by atoms with van der Waals surface area (Å²) in [6.45, 7) is 2.42. The van der Waals surface area contributed by atoms with Gasteiger partial charge in [-0.05, 0) is 37.4 Å². The van der Waals surface area contributed by atoms with Crippen LogP contribution in [0, 0.1) is 5.92 Å². The van der Waals surface area contributed by atoms with Crippen molar-refractivity contribution in [2.45, 2.75) is 12.8 Å². The smallest absolute Gasteiger partial charge is 0.0521 e. The average molecular weight is 165 g/mol. The number of aryl methyl sites for hydroxylation is 2. The largest absolute Gasteiger partial charge is 0.316 e. The molecule has 3 nitrogen and oxygen atoms in total. The van der Waals surface area contributed by atoms with E-state index in [0.717, 1.165) is 5.92 Å². The summed E-state index contributed by atoms with van der Waals surface area (Å²) < 4.78 is 1.87. The Kier molecular flexibility index (Phi) is 2.13. The minimum atomic E-state index is 0.908. The van der Waals surface area contributed by atoms with Gasteiger partial charge in [-0.15, -0.1) is 0 Å². The predicted octanol–water partition coefficient (Wildman–Crippen LogP) is 0.572. The quantitative estimate of drug-likeness (QED) is 0.709. The summed E-state index contributed by atoms with van der Waals surface area (Å²) in [5.74, 6) is 0.908. The maximum absolute atomic E-state index is 4.14. The van der Waals surface area contributed by atoms with Crippen LogP contribution >= 0.6 is 0 Å². The van der Waals surface area contributed by atoms with Crippen LogP contribution in [-0.4, -0.2) is 22.9 Å². The number of hydrogen-bond donors (Lipinski definition) is 1. The van der Waals surface area contributed by atoms with Crippen LogP contribution in [-0.2, 0) is 13.5 Å². The first-order chi connectivity index (χ1) is 5.84. The molecule has 0 saturated carbocycles. The number of rotatable bonds is 3. The first-order valence-electron chi connectivity index (χ1n) is 4.53. The van der Waals surface area contributed by atoms with E-state index in [9.17, 15) is 0 Å². The molecule has 12 heavy (non-hydrogen) atoms. The Morgan fingerprint density at radius 1 is 1.67 bits per heavy atom. The second-order valence-electron chi connectivity index (χ2n) is 3.59. The molecule has 1 N–H and O–H groups in total. The van der Waals surface area contributed by atoms with E-state index in [0.29, 0.717) is 0 Å². The molecule has 2 heterocycles. The van der Waals surface area contributed by atoms with Crippen LogP contribution in [0.25, 0.3) is 0 Å². The molecular formula is C9H15N3. The summed E-state index contributed by atoms with van der Waals surface area (Å²) >= 11 is 0. The molecular weight excluding hydrogens is 150 g/mol. The third-order valence-corrected chi connectivity index (χ3v) is 2.47. The summed E-state index contributed by atoms with van der Waals surface area (Å²) in [5, 5.41) is 7.42. The van der Waals surface area contributed by atoms with Gasteiger partial charge in [-0.1, -0.05) is 0 Å². The van der Waals surface area contributed by atoms with E-state index in [1.54, 1.807) is 0 Å². The number of nitrogens with zero attached hydrogens (tertiary/aromatic N) is 2. The predicted molar refractivity (Wildman–Crippen MR) is 47.9 cm³/mol. The Balaban J connectivity index is 1.79. The molecule has 1 aromatic heterocycles. The monoisotopic (exact) mass is 165 g/mol. The maximum atomic E-state index is 4.14. The van der Waals surface area contributed by atoms with Crippen molar-refractivity contribution in [3.8, 4) is 0 Å². The first-order valence-corrected chi connectivity index (χ1v) is 4.53. The van der Waals surface area contributed by atoms with Gasteiger partial charge in [0.05, 0.1) is 6.20 Å². The van der Waals surface area contributed by atoms with Crippen LogP contribution in [0.1, 0.15) is 12.0 Å². The Hall–Kier alpha value is -0.830. The minimum Gasteiger partial charge on any atom is -0.316 e. The van der Waals surface area contributed by atoms with Crippen molar-refractivity contribution in [2.75, 3.05) is 13.1 Å². The van der Waals surface area contributed by atoms with Gasteiger partial charge in [0.1, 0.15) is 0 Å². The highest BCUT2D eigenvalue weighted by Gasteiger charge is 2.15. The molecule has 0 bridgehead atoms. The van der Waals surface area contributed by atoms with Crippen molar-refractivity contribution in [3.63, 3.8) is 0 Å². The molecule has 1 saturated heterocycles. The van der Waals surface area contributed by atoms with Gasteiger partial charge < -0.3 is 5.32 Å². The highest BCUT2D eigenvalue weighted by molar-refractivity contribution is 5.04. The zero-order chi connectivity index (χ0) is 8.39. The fourth-order valence-corrected chi connectivity index (χ4v) is 1.52. The fraction of sp³-hybridized carbons (Fsp3) is 0.667. The molecule has 0 spiro atoms. The van der Waals surface area contributed by atoms with Gasteiger partial charge in [0.25, 0.3) is 0 Å². The standard InChI is InChI=1S/C9H15N3/c1-12-7-9(6-11-12)3-2-8-4-10-5-8/h6-8,10H,2-5H2,1H3. The first kappa shape index (κ1) is 7.80. The Morgan fingerprint density at radius 2 is 2.50 bits per heavy atom. The maximum Gasteiger partial charge on any atom is 0.0521 e. The Bertz CT molecular complexity index is 250. The molecule has 1 aliphatic heterocycles. The molecule has 1 aliphatic rings. The van der Waals surface area contributed by atoms with Gasteiger partial charge in [-0.25, -0.2) is 0 Å². The van der Waals surface area contributed by atoms with E-state index in [4.69, 9.17) is 0 Å². The molecule has 1 fully saturated rings. The van der Waals surface area contributed by atoms with Gasteiger partial charge in [0, 0.05) is 13.2 Å². The third kappa shape index (κ3) is 1.67. The van der Waals surface area contributed by atoms with Crippen molar-refractivity contribution in [1.82, 2.24) is 15.1 Å². The minimum absolute atomic E-state index is 0.908. The average Bonchev–Trinajstić information content (AvgIpc) is 2.32. The fourth-order valence-electron chi connectivity index (χ4n) is 1.52. The highest BCUT2D eigenvalue weighted by Crippen LogP contribution is 2.12. The summed E-state index contributed by atoms with van der Waals surface area (Å²) in [6.07, 6.45) is 6.55. The number of aromatic nitrogens is 2. The molecule has 0 atom stereocenters. The topological polar surface area (TPSA) is 29.9 Å². The molecule has 1 aromatic rings. The lowest BCUT2D eigenvalue weighted by atomic mass is 9.96. The Labute approximate surface area is 72.8 Å². The highest BCUT2D eigenvalue weighted by atomic mass is 15.2.